The summed E-state index contributed by atoms with van der Waals surface area (Å²) in [4.78, 5) is 1.85. The van der Waals surface area contributed by atoms with Gasteiger partial charge in [-0.05, 0) is 44.1 Å². The number of hydrogen-bond donors (Lipinski definition) is 1. The van der Waals surface area contributed by atoms with E-state index >= 15 is 0 Å². The number of halogens is 1. The smallest absolute Gasteiger partial charge is 0.245 e. The molecule has 0 bridgehead atoms. The van der Waals surface area contributed by atoms with E-state index in [1.165, 1.54) is 23.5 Å². The Morgan fingerprint density at radius 1 is 1.48 bits per heavy atom. The van der Waals surface area contributed by atoms with Crippen molar-refractivity contribution in [3.63, 3.8) is 0 Å². The van der Waals surface area contributed by atoms with Crippen molar-refractivity contribution in [2.75, 3.05) is 27.2 Å². The third-order valence-electron chi connectivity index (χ3n) is 4.06. The maximum atomic E-state index is 14.0. The third kappa shape index (κ3) is 3.42. The predicted octanol–water partition coefficient (Wildman–Crippen LogP) is 0.999. The van der Waals surface area contributed by atoms with Gasteiger partial charge in [-0.1, -0.05) is 6.07 Å². The number of benzene rings is 1. The first-order valence-corrected chi connectivity index (χ1v) is 8.45. The number of likely N-dealkylation sites (N-methyl/N-ethyl adjacent to an activating group) is 2. The molecule has 1 aliphatic heterocycles. The fourth-order valence-electron chi connectivity index (χ4n) is 2.65. The van der Waals surface area contributed by atoms with Crippen molar-refractivity contribution < 1.29 is 12.8 Å². The van der Waals surface area contributed by atoms with Crippen LogP contribution in [0.1, 0.15) is 18.4 Å². The summed E-state index contributed by atoms with van der Waals surface area (Å²) in [7, 11) is -0.336. The van der Waals surface area contributed by atoms with E-state index in [0.717, 1.165) is 19.4 Å². The summed E-state index contributed by atoms with van der Waals surface area (Å²) in [6.07, 6.45) is 2.03. The summed E-state index contributed by atoms with van der Waals surface area (Å²) in [6.45, 7) is 1.52. The highest BCUT2D eigenvalue weighted by atomic mass is 32.2. The van der Waals surface area contributed by atoms with Crippen molar-refractivity contribution >= 4 is 10.0 Å². The monoisotopic (exact) mass is 315 g/mol. The lowest BCUT2D eigenvalue weighted by Gasteiger charge is -2.25. The number of rotatable bonds is 5. The summed E-state index contributed by atoms with van der Waals surface area (Å²) in [5.41, 5.74) is 6.00. The Hall–Kier alpha value is -1.02. The second-order valence-corrected chi connectivity index (χ2v) is 7.54. The van der Waals surface area contributed by atoms with Gasteiger partial charge in [-0.3, -0.25) is 0 Å². The van der Waals surface area contributed by atoms with E-state index in [2.05, 4.69) is 4.90 Å². The zero-order chi connectivity index (χ0) is 15.6. The fraction of sp³-hybridized carbons (Fsp3) is 0.571. The van der Waals surface area contributed by atoms with Gasteiger partial charge >= 0.3 is 0 Å². The lowest BCUT2D eigenvalue weighted by Crippen LogP contribution is -2.39. The Bertz CT molecular complexity index is 606. The van der Waals surface area contributed by atoms with Gasteiger partial charge in [0.05, 0.1) is 0 Å². The van der Waals surface area contributed by atoms with E-state index < -0.39 is 15.8 Å². The van der Waals surface area contributed by atoms with Gasteiger partial charge in [0.2, 0.25) is 10.0 Å². The van der Waals surface area contributed by atoms with Gasteiger partial charge in [0.15, 0.2) is 0 Å². The molecule has 2 rings (SSSR count). The third-order valence-corrected chi connectivity index (χ3v) is 5.92. The molecular formula is C14H22FN3O2S. The standard InChI is InChI=1S/C14H22FN3O2S/c1-17-7-3-4-12(17)10-18(2)21(19,20)14-6-5-11(9-16)8-13(14)15/h5-6,8,12H,3-4,7,9-10,16H2,1-2H3. The van der Waals surface area contributed by atoms with Gasteiger partial charge in [0, 0.05) is 26.2 Å². The summed E-state index contributed by atoms with van der Waals surface area (Å²) >= 11 is 0. The summed E-state index contributed by atoms with van der Waals surface area (Å²) in [5.74, 6) is -0.746. The molecule has 2 N–H and O–H groups in total. The average Bonchev–Trinajstić information content (AvgIpc) is 2.83. The van der Waals surface area contributed by atoms with Gasteiger partial charge < -0.3 is 10.6 Å². The molecule has 7 heteroatoms. The minimum atomic E-state index is -3.81. The topological polar surface area (TPSA) is 66.6 Å². The van der Waals surface area contributed by atoms with Gasteiger partial charge in [0.1, 0.15) is 10.7 Å². The Balaban J connectivity index is 2.20. The highest BCUT2D eigenvalue weighted by Gasteiger charge is 2.29. The van der Waals surface area contributed by atoms with Crippen molar-refractivity contribution in [3.05, 3.63) is 29.6 Å². The molecule has 1 aromatic rings. The first kappa shape index (κ1) is 16.4. The molecule has 0 radical (unpaired) electrons. The van der Waals surface area contributed by atoms with Gasteiger partial charge in [0.25, 0.3) is 0 Å². The number of likely N-dealkylation sites (tertiary alicyclic amines) is 1. The number of nitrogens with two attached hydrogens (primary N) is 1. The summed E-state index contributed by atoms with van der Waals surface area (Å²) in [5, 5.41) is 0. The van der Waals surface area contributed by atoms with Crippen LogP contribution in [-0.2, 0) is 16.6 Å². The Labute approximate surface area is 125 Å². The van der Waals surface area contributed by atoms with Crippen LogP contribution in [0.15, 0.2) is 23.1 Å². The van der Waals surface area contributed by atoms with Crippen LogP contribution in [-0.4, -0.2) is 50.8 Å². The van der Waals surface area contributed by atoms with E-state index in [1.807, 2.05) is 7.05 Å². The number of sulfonamides is 1. The highest BCUT2D eigenvalue weighted by Crippen LogP contribution is 2.22. The minimum Gasteiger partial charge on any atom is -0.326 e. The average molecular weight is 315 g/mol. The molecule has 1 aliphatic rings. The molecule has 1 fully saturated rings. The largest absolute Gasteiger partial charge is 0.326 e. The molecule has 5 nitrogen and oxygen atoms in total. The molecule has 1 unspecified atom stereocenters. The van der Waals surface area contributed by atoms with E-state index in [-0.39, 0.29) is 17.5 Å². The number of nitrogens with zero attached hydrogens (tertiary/aromatic N) is 2. The molecule has 21 heavy (non-hydrogen) atoms. The molecule has 1 saturated heterocycles. The van der Waals surface area contributed by atoms with Crippen molar-refractivity contribution in [3.8, 4) is 0 Å². The van der Waals surface area contributed by atoms with Crippen LogP contribution in [0.4, 0.5) is 4.39 Å². The lowest BCUT2D eigenvalue weighted by atomic mass is 10.2. The van der Waals surface area contributed by atoms with Crippen molar-refractivity contribution in [2.24, 2.45) is 5.73 Å². The highest BCUT2D eigenvalue weighted by molar-refractivity contribution is 7.89. The van der Waals surface area contributed by atoms with Crippen LogP contribution < -0.4 is 5.73 Å². The summed E-state index contributed by atoms with van der Waals surface area (Å²) in [6, 6.07) is 4.21. The molecule has 0 spiro atoms. The van der Waals surface area contributed by atoms with Crippen LogP contribution in [0.2, 0.25) is 0 Å². The van der Waals surface area contributed by atoms with Gasteiger partial charge in [-0.25, -0.2) is 12.8 Å². The number of hydrogen-bond acceptors (Lipinski definition) is 4. The molecule has 0 aliphatic carbocycles. The first-order valence-electron chi connectivity index (χ1n) is 7.01. The Morgan fingerprint density at radius 2 is 2.19 bits per heavy atom. The van der Waals surface area contributed by atoms with Crippen LogP contribution in [0.3, 0.4) is 0 Å². The zero-order valence-electron chi connectivity index (χ0n) is 12.4. The molecule has 1 heterocycles. The van der Waals surface area contributed by atoms with Crippen molar-refractivity contribution in [1.82, 2.24) is 9.21 Å². The maximum absolute atomic E-state index is 14.0. The molecule has 1 aromatic carbocycles. The second-order valence-electron chi connectivity index (χ2n) is 5.53. The maximum Gasteiger partial charge on any atom is 0.245 e. The predicted molar refractivity (Wildman–Crippen MR) is 79.8 cm³/mol. The molecule has 118 valence electrons. The van der Waals surface area contributed by atoms with Crippen LogP contribution in [0.25, 0.3) is 0 Å². The van der Waals surface area contributed by atoms with Crippen LogP contribution >= 0.6 is 0 Å². The molecule has 0 amide bonds. The molecular weight excluding hydrogens is 293 g/mol. The SMILES string of the molecule is CN1CCCC1CN(C)S(=O)(=O)c1ccc(CN)cc1F. The molecule has 0 aromatic heterocycles. The van der Waals surface area contributed by atoms with E-state index in [1.54, 1.807) is 6.07 Å². The van der Waals surface area contributed by atoms with Gasteiger partial charge in [-0.2, -0.15) is 4.31 Å². The fourth-order valence-corrected chi connectivity index (χ4v) is 3.90. The Kier molecular flexibility index (Phi) is 4.98. The zero-order valence-corrected chi connectivity index (χ0v) is 13.2. The van der Waals surface area contributed by atoms with E-state index in [9.17, 15) is 12.8 Å². The van der Waals surface area contributed by atoms with Gasteiger partial charge in [-0.15, -0.1) is 0 Å². The Morgan fingerprint density at radius 3 is 2.71 bits per heavy atom. The first-order chi connectivity index (χ1) is 9.86. The van der Waals surface area contributed by atoms with Crippen molar-refractivity contribution in [2.45, 2.75) is 30.3 Å². The van der Waals surface area contributed by atoms with Crippen LogP contribution in [0.5, 0.6) is 0 Å². The molecule has 1 atom stereocenters. The van der Waals surface area contributed by atoms with Crippen molar-refractivity contribution in [1.29, 1.82) is 0 Å². The van der Waals surface area contributed by atoms with E-state index in [0.29, 0.717) is 12.1 Å². The lowest BCUT2D eigenvalue weighted by molar-refractivity contribution is 0.270. The minimum absolute atomic E-state index is 0.181. The quantitative estimate of drug-likeness (QED) is 0.880. The summed E-state index contributed by atoms with van der Waals surface area (Å²) < 4.78 is 40.2. The van der Waals surface area contributed by atoms with E-state index in [4.69, 9.17) is 5.73 Å². The van der Waals surface area contributed by atoms with Crippen LogP contribution in [0, 0.1) is 5.82 Å². The molecule has 0 saturated carbocycles. The second kappa shape index (κ2) is 6.39. The normalized spacial score (nSPS) is 20.3.